The molecule has 0 saturated heterocycles. The summed E-state index contributed by atoms with van der Waals surface area (Å²) in [5, 5.41) is 0. The Morgan fingerprint density at radius 2 is 0.759 bits per heavy atom. The van der Waals surface area contributed by atoms with Crippen LogP contribution in [0.3, 0.4) is 0 Å². The van der Waals surface area contributed by atoms with Gasteiger partial charge in [0.1, 0.15) is 0 Å². The lowest BCUT2D eigenvalue weighted by atomic mass is 9.65. The van der Waals surface area contributed by atoms with Gasteiger partial charge in [-0.25, -0.2) is 24.8 Å². The van der Waals surface area contributed by atoms with Gasteiger partial charge in [-0.3, -0.25) is 0 Å². The number of rotatable bonds is 4. The van der Waals surface area contributed by atoms with E-state index in [4.69, 9.17) is 26.5 Å². The van der Waals surface area contributed by atoms with Gasteiger partial charge in [-0.05, 0) is 85.8 Å². The van der Waals surface area contributed by atoms with E-state index in [1.165, 1.54) is 61.2 Å². The number of aromatic nitrogens is 4. The van der Waals surface area contributed by atoms with Gasteiger partial charge in [0.2, 0.25) is 0 Å². The first-order chi connectivity index (χ1) is 28.6. The highest BCUT2D eigenvalue weighted by Crippen LogP contribution is 2.62. The van der Waals surface area contributed by atoms with Gasteiger partial charge in [-0.1, -0.05) is 151 Å². The zero-order valence-corrected chi connectivity index (χ0v) is 31.6. The van der Waals surface area contributed by atoms with Gasteiger partial charge in [0.25, 0.3) is 0 Å². The Labute approximate surface area is 336 Å². The SMILES string of the molecule is [C-]#[N+]c1ccc(-c2ncc(-c3ccc4c(c3)C3(c5cc(-c6cnc(-c7ccc(C)cc7)nc6)ccc5-c5ccccc5-4)c4ccccc4-c4ccccc43)cn2)cc1. The summed E-state index contributed by atoms with van der Waals surface area (Å²) in [5.41, 5.74) is 19.1. The summed E-state index contributed by atoms with van der Waals surface area (Å²) in [6, 6.07) is 56.1. The zero-order valence-electron chi connectivity index (χ0n) is 31.6. The molecule has 2 aromatic heterocycles. The molecule has 1 spiro atoms. The maximum absolute atomic E-state index is 7.32. The van der Waals surface area contributed by atoms with Crippen molar-refractivity contribution in [3.8, 4) is 78.4 Å². The van der Waals surface area contributed by atoms with Crippen LogP contribution in [0.25, 0.3) is 83.3 Å². The first-order valence-corrected chi connectivity index (χ1v) is 19.4. The molecule has 0 radical (unpaired) electrons. The molecule has 2 aliphatic carbocycles. The first kappa shape index (κ1) is 33.5. The van der Waals surface area contributed by atoms with Crippen LogP contribution < -0.4 is 0 Å². The van der Waals surface area contributed by atoms with Crippen LogP contribution in [0.5, 0.6) is 0 Å². The van der Waals surface area contributed by atoms with Crippen molar-refractivity contribution in [3.05, 3.63) is 222 Å². The monoisotopic (exact) mass is 739 g/mol. The summed E-state index contributed by atoms with van der Waals surface area (Å²) in [5.74, 6) is 1.33. The minimum absolute atomic E-state index is 0.592. The minimum atomic E-state index is -0.670. The van der Waals surface area contributed by atoms with Crippen molar-refractivity contribution in [1.29, 1.82) is 0 Å². The third-order valence-electron chi connectivity index (χ3n) is 11.8. The van der Waals surface area contributed by atoms with E-state index in [1.54, 1.807) is 12.1 Å². The molecule has 0 unspecified atom stereocenters. The molecule has 270 valence electrons. The predicted octanol–water partition coefficient (Wildman–Crippen LogP) is 12.8. The Bertz CT molecular complexity index is 3060. The fraction of sp³-hybridized carbons (Fsp3) is 0.0377. The van der Waals surface area contributed by atoms with Crippen LogP contribution >= 0.6 is 0 Å². The van der Waals surface area contributed by atoms with Gasteiger partial charge in [0.05, 0.1) is 12.0 Å². The molecule has 0 saturated carbocycles. The summed E-state index contributed by atoms with van der Waals surface area (Å²) in [4.78, 5) is 22.9. The molecule has 2 heterocycles. The highest BCUT2D eigenvalue weighted by molar-refractivity contribution is 5.98. The molecule has 5 heteroatoms. The number of aryl methyl sites for hydroxylation is 1. The molecule has 0 amide bonds. The lowest BCUT2D eigenvalue weighted by molar-refractivity contribution is 0.776. The summed E-state index contributed by atoms with van der Waals surface area (Å²) in [7, 11) is 0. The number of hydrogen-bond donors (Lipinski definition) is 0. The molecule has 0 atom stereocenters. The quantitative estimate of drug-likeness (QED) is 0.169. The van der Waals surface area contributed by atoms with Crippen LogP contribution in [-0.2, 0) is 5.41 Å². The van der Waals surface area contributed by atoms with E-state index < -0.39 is 5.41 Å². The number of nitrogens with zero attached hydrogens (tertiary/aromatic N) is 5. The van der Waals surface area contributed by atoms with E-state index in [9.17, 15) is 0 Å². The Hall–Kier alpha value is -7.81. The van der Waals surface area contributed by atoms with Gasteiger partial charge < -0.3 is 0 Å². The van der Waals surface area contributed by atoms with E-state index in [2.05, 4.69) is 145 Å². The smallest absolute Gasteiger partial charge is 0.187 e. The molecule has 2 aliphatic rings. The van der Waals surface area contributed by atoms with Crippen molar-refractivity contribution in [2.24, 2.45) is 0 Å². The van der Waals surface area contributed by atoms with Crippen LogP contribution in [0.4, 0.5) is 5.69 Å². The maximum atomic E-state index is 7.32. The second-order valence-electron chi connectivity index (χ2n) is 15.0. The van der Waals surface area contributed by atoms with E-state index in [0.717, 1.165) is 33.4 Å². The van der Waals surface area contributed by atoms with Crippen LogP contribution in [0.1, 0.15) is 27.8 Å². The summed E-state index contributed by atoms with van der Waals surface area (Å²) < 4.78 is 0. The van der Waals surface area contributed by atoms with E-state index in [-0.39, 0.29) is 0 Å². The Kier molecular flexibility index (Phi) is 7.60. The molecule has 58 heavy (non-hydrogen) atoms. The van der Waals surface area contributed by atoms with Crippen molar-refractivity contribution in [2.75, 3.05) is 0 Å². The summed E-state index contributed by atoms with van der Waals surface area (Å²) in [6.07, 6.45) is 7.72. The zero-order chi connectivity index (χ0) is 38.8. The second-order valence-corrected chi connectivity index (χ2v) is 15.0. The molecule has 0 fully saturated rings. The molecular weight excluding hydrogens is 707 g/mol. The van der Waals surface area contributed by atoms with Gasteiger partial charge in [0, 0.05) is 47.0 Å². The third kappa shape index (κ3) is 5.09. The van der Waals surface area contributed by atoms with Gasteiger partial charge in [0.15, 0.2) is 17.3 Å². The van der Waals surface area contributed by atoms with Crippen LogP contribution in [0.15, 0.2) is 183 Å². The third-order valence-corrected chi connectivity index (χ3v) is 11.8. The fourth-order valence-corrected chi connectivity index (χ4v) is 9.09. The molecule has 0 aliphatic heterocycles. The molecule has 11 rings (SSSR count). The lowest BCUT2D eigenvalue weighted by Crippen LogP contribution is -2.29. The Morgan fingerprint density at radius 3 is 1.21 bits per heavy atom. The highest BCUT2D eigenvalue weighted by Gasteiger charge is 2.49. The van der Waals surface area contributed by atoms with E-state index in [0.29, 0.717) is 17.3 Å². The van der Waals surface area contributed by atoms with Crippen molar-refractivity contribution in [3.63, 3.8) is 0 Å². The molecule has 7 aromatic carbocycles. The second kappa shape index (κ2) is 13.2. The van der Waals surface area contributed by atoms with Crippen molar-refractivity contribution >= 4 is 5.69 Å². The van der Waals surface area contributed by atoms with Crippen LogP contribution in [-0.4, -0.2) is 19.9 Å². The topological polar surface area (TPSA) is 55.9 Å². The van der Waals surface area contributed by atoms with Gasteiger partial charge >= 0.3 is 0 Å². The van der Waals surface area contributed by atoms with E-state index in [1.807, 2.05) is 36.9 Å². The Balaban J connectivity index is 1.15. The average Bonchev–Trinajstić information content (AvgIpc) is 3.54. The van der Waals surface area contributed by atoms with Crippen LogP contribution in [0, 0.1) is 13.5 Å². The highest BCUT2D eigenvalue weighted by atomic mass is 14.9. The number of fused-ring (bicyclic) bond motifs is 12. The Morgan fingerprint density at radius 1 is 0.379 bits per heavy atom. The molecular formula is C53H33N5. The summed E-state index contributed by atoms with van der Waals surface area (Å²) >= 11 is 0. The van der Waals surface area contributed by atoms with Crippen LogP contribution in [0.2, 0.25) is 0 Å². The van der Waals surface area contributed by atoms with Crippen molar-refractivity contribution < 1.29 is 0 Å². The average molecular weight is 740 g/mol. The van der Waals surface area contributed by atoms with Gasteiger partial charge in [-0.15, -0.1) is 0 Å². The standard InChI is InChI=1S/C53H33N5/c1-33-15-17-34(18-16-33)51-55-29-38(30-56-51)36-21-25-45-41-9-3-4-10-42(41)46-26-22-37(39-31-57-52(58-32-39)35-19-23-40(54-2)24-20-35)28-50(46)53(49(45)27-36)47-13-7-5-11-43(47)44-12-6-8-14-48(44)53/h3-32H,1H3. The molecule has 5 nitrogen and oxygen atoms in total. The van der Waals surface area contributed by atoms with E-state index >= 15 is 0 Å². The predicted molar refractivity (Wildman–Crippen MR) is 232 cm³/mol. The van der Waals surface area contributed by atoms with Crippen molar-refractivity contribution in [1.82, 2.24) is 19.9 Å². The normalized spacial score (nSPS) is 12.7. The molecule has 9 aromatic rings. The largest absolute Gasteiger partial charge is 0.238 e. The first-order valence-electron chi connectivity index (χ1n) is 19.4. The lowest BCUT2D eigenvalue weighted by Gasteiger charge is -2.36. The maximum Gasteiger partial charge on any atom is 0.187 e. The molecule has 0 N–H and O–H groups in total. The fourth-order valence-electron chi connectivity index (χ4n) is 9.09. The molecule has 0 bridgehead atoms. The van der Waals surface area contributed by atoms with Gasteiger partial charge in [-0.2, -0.15) is 0 Å². The minimum Gasteiger partial charge on any atom is -0.238 e. The number of hydrogen-bond acceptors (Lipinski definition) is 4. The number of benzene rings is 7. The summed E-state index contributed by atoms with van der Waals surface area (Å²) in [6.45, 7) is 9.41. The van der Waals surface area contributed by atoms with Crippen molar-refractivity contribution in [2.45, 2.75) is 12.3 Å².